The highest BCUT2D eigenvalue weighted by Gasteiger charge is 2.45. The molecule has 0 unspecified atom stereocenters. The molecule has 3 nitrogen and oxygen atoms in total. The van der Waals surface area contributed by atoms with Gasteiger partial charge in [-0.25, -0.2) is 8.78 Å². The molecule has 0 aromatic carbocycles. The van der Waals surface area contributed by atoms with Crippen molar-refractivity contribution in [2.24, 2.45) is 4.99 Å². The molecule has 0 aliphatic heterocycles. The lowest BCUT2D eigenvalue weighted by Gasteiger charge is -2.35. The van der Waals surface area contributed by atoms with Gasteiger partial charge in [-0.15, -0.1) is 0 Å². The van der Waals surface area contributed by atoms with Gasteiger partial charge in [-0.2, -0.15) is 0 Å². The molecule has 0 aromatic rings. The molecule has 0 aromatic heterocycles. The molecule has 14 heavy (non-hydrogen) atoms. The molecular weight excluding hydrogens is 258 g/mol. The number of hydrogen-bond acceptors (Lipinski definition) is 2. The van der Waals surface area contributed by atoms with Gasteiger partial charge in [0.2, 0.25) is 0 Å². The van der Waals surface area contributed by atoms with Gasteiger partial charge in [-0.05, 0) is 22.6 Å². The van der Waals surface area contributed by atoms with Crippen molar-refractivity contribution < 1.29 is 13.6 Å². The average Bonchev–Trinajstić information content (AvgIpc) is 2.01. The summed E-state index contributed by atoms with van der Waals surface area (Å²) < 4.78 is 24.9. The molecule has 0 saturated heterocycles. The summed E-state index contributed by atoms with van der Waals surface area (Å²) in [6.45, 7) is 3.16. The van der Waals surface area contributed by atoms with Crippen molar-refractivity contribution in [1.82, 2.24) is 5.32 Å². The van der Waals surface area contributed by atoms with Gasteiger partial charge >= 0.3 is 0 Å². The van der Waals surface area contributed by atoms with Crippen LogP contribution in [0.15, 0.2) is 15.7 Å². The zero-order chi connectivity index (χ0) is 10.8. The Morgan fingerprint density at radius 2 is 2.21 bits per heavy atom. The maximum Gasteiger partial charge on any atom is 0.260 e. The predicted molar refractivity (Wildman–Crippen MR) is 52.7 cm³/mol. The summed E-state index contributed by atoms with van der Waals surface area (Å²) in [7, 11) is 0. The maximum absolute atomic E-state index is 12.4. The molecule has 6 heteroatoms. The SMILES string of the molecule is C=N/C=C(/Br)C(=O)NC1CC(F)(F)C1. The standard InChI is InChI=1S/C8H9BrF2N2O/c1-12-4-6(9)7(14)13-5-2-8(10,11)3-5/h4-5H,1-3H2,(H,13,14)/b6-4+. The molecule has 1 N–H and O–H groups in total. The molecule has 1 rings (SSSR count). The van der Waals surface area contributed by atoms with Gasteiger partial charge < -0.3 is 5.32 Å². The largest absolute Gasteiger partial charge is 0.348 e. The Balaban J connectivity index is 2.37. The second-order valence-electron chi connectivity index (χ2n) is 3.09. The smallest absolute Gasteiger partial charge is 0.260 e. The molecule has 0 spiro atoms. The second kappa shape index (κ2) is 4.16. The molecule has 0 radical (unpaired) electrons. The Kier molecular flexibility index (Phi) is 3.36. The summed E-state index contributed by atoms with van der Waals surface area (Å²) in [5.74, 6) is -3.07. The van der Waals surface area contributed by atoms with Crippen LogP contribution in [0.1, 0.15) is 12.8 Å². The van der Waals surface area contributed by atoms with Crippen LogP contribution < -0.4 is 5.32 Å². The number of alkyl halides is 2. The highest BCUT2D eigenvalue weighted by atomic mass is 79.9. The fraction of sp³-hybridized carbons (Fsp3) is 0.500. The van der Waals surface area contributed by atoms with Crippen LogP contribution in [0, 0.1) is 0 Å². The molecule has 1 saturated carbocycles. The Morgan fingerprint density at radius 3 is 2.64 bits per heavy atom. The van der Waals surface area contributed by atoms with Crippen molar-refractivity contribution in [1.29, 1.82) is 0 Å². The Labute approximate surface area is 88.4 Å². The van der Waals surface area contributed by atoms with Gasteiger partial charge in [-0.1, -0.05) is 0 Å². The van der Waals surface area contributed by atoms with E-state index in [4.69, 9.17) is 0 Å². The Bertz CT molecular complexity index is 283. The van der Waals surface area contributed by atoms with E-state index in [0.29, 0.717) is 0 Å². The zero-order valence-electron chi connectivity index (χ0n) is 7.27. The quantitative estimate of drug-likeness (QED) is 0.615. The monoisotopic (exact) mass is 266 g/mol. The number of halogens is 3. The van der Waals surface area contributed by atoms with Crippen molar-refractivity contribution in [2.45, 2.75) is 24.8 Å². The average molecular weight is 267 g/mol. The second-order valence-corrected chi connectivity index (χ2v) is 3.95. The normalized spacial score (nSPS) is 21.2. The van der Waals surface area contributed by atoms with E-state index in [1.165, 1.54) is 6.20 Å². The van der Waals surface area contributed by atoms with Crippen molar-refractivity contribution in [3.63, 3.8) is 0 Å². The molecule has 1 fully saturated rings. The van der Waals surface area contributed by atoms with Crippen molar-refractivity contribution >= 4 is 28.6 Å². The molecular formula is C8H9BrF2N2O. The lowest BCUT2D eigenvalue weighted by atomic mass is 9.88. The Hall–Kier alpha value is -0.780. The number of amides is 1. The first-order chi connectivity index (χ1) is 6.44. The van der Waals surface area contributed by atoms with Gasteiger partial charge in [0.25, 0.3) is 11.8 Å². The van der Waals surface area contributed by atoms with Crippen LogP contribution in [0.25, 0.3) is 0 Å². The van der Waals surface area contributed by atoms with Gasteiger partial charge in [0, 0.05) is 25.1 Å². The van der Waals surface area contributed by atoms with E-state index in [-0.39, 0.29) is 17.3 Å². The third-order valence-electron chi connectivity index (χ3n) is 1.85. The topological polar surface area (TPSA) is 41.5 Å². The van der Waals surface area contributed by atoms with Gasteiger partial charge in [0.15, 0.2) is 0 Å². The van der Waals surface area contributed by atoms with Crippen LogP contribution in [0.5, 0.6) is 0 Å². The van der Waals surface area contributed by atoms with Crippen molar-refractivity contribution in [2.75, 3.05) is 0 Å². The number of carbonyl (C=O) groups excluding carboxylic acids is 1. The Morgan fingerprint density at radius 1 is 1.64 bits per heavy atom. The first kappa shape index (κ1) is 11.3. The third kappa shape index (κ3) is 2.87. The van der Waals surface area contributed by atoms with Crippen LogP contribution in [0.3, 0.4) is 0 Å². The number of nitrogens with zero attached hydrogens (tertiary/aromatic N) is 1. The van der Waals surface area contributed by atoms with E-state index in [9.17, 15) is 13.6 Å². The summed E-state index contributed by atoms with van der Waals surface area (Å²) in [4.78, 5) is 14.6. The lowest BCUT2D eigenvalue weighted by Crippen LogP contribution is -2.50. The summed E-state index contributed by atoms with van der Waals surface area (Å²) in [6, 6.07) is -0.441. The highest BCUT2D eigenvalue weighted by molar-refractivity contribution is 9.12. The predicted octanol–water partition coefficient (Wildman–Crippen LogP) is 1.84. The number of carbonyl (C=O) groups is 1. The zero-order valence-corrected chi connectivity index (χ0v) is 8.85. The van der Waals surface area contributed by atoms with Crippen molar-refractivity contribution in [3.8, 4) is 0 Å². The van der Waals surface area contributed by atoms with Crippen LogP contribution in [0.2, 0.25) is 0 Å². The molecule has 78 valence electrons. The molecule has 0 heterocycles. The molecule has 0 bridgehead atoms. The first-order valence-corrected chi connectivity index (χ1v) is 4.74. The maximum atomic E-state index is 12.4. The van der Waals surface area contributed by atoms with E-state index in [0.717, 1.165) is 0 Å². The highest BCUT2D eigenvalue weighted by Crippen LogP contribution is 2.37. The van der Waals surface area contributed by atoms with Crippen LogP contribution >= 0.6 is 15.9 Å². The summed E-state index contributed by atoms with van der Waals surface area (Å²) in [6.07, 6.45) is 0.632. The molecule has 1 aliphatic rings. The van der Waals surface area contributed by atoms with Crippen LogP contribution in [-0.2, 0) is 4.79 Å². The van der Waals surface area contributed by atoms with E-state index in [1.54, 1.807) is 0 Å². The van der Waals surface area contributed by atoms with E-state index in [1.807, 2.05) is 0 Å². The first-order valence-electron chi connectivity index (χ1n) is 3.95. The minimum Gasteiger partial charge on any atom is -0.348 e. The van der Waals surface area contributed by atoms with Gasteiger partial charge in [0.05, 0.1) is 0 Å². The van der Waals surface area contributed by atoms with E-state index in [2.05, 4.69) is 33.0 Å². The van der Waals surface area contributed by atoms with Crippen molar-refractivity contribution in [3.05, 3.63) is 10.7 Å². The minimum atomic E-state index is -2.62. The fourth-order valence-electron chi connectivity index (χ4n) is 1.16. The molecule has 1 amide bonds. The number of aliphatic imine (C=N–C) groups is 1. The van der Waals surface area contributed by atoms with E-state index < -0.39 is 17.9 Å². The van der Waals surface area contributed by atoms with Crippen LogP contribution in [0.4, 0.5) is 8.78 Å². The molecule has 0 atom stereocenters. The fourth-order valence-corrected chi connectivity index (χ4v) is 1.42. The van der Waals surface area contributed by atoms with Gasteiger partial charge in [-0.3, -0.25) is 9.79 Å². The summed E-state index contributed by atoms with van der Waals surface area (Å²) in [5, 5.41) is 2.43. The number of nitrogens with one attached hydrogen (secondary N) is 1. The summed E-state index contributed by atoms with van der Waals surface area (Å²) >= 11 is 2.94. The number of hydrogen-bond donors (Lipinski definition) is 1. The minimum absolute atomic E-state index is 0.183. The van der Waals surface area contributed by atoms with E-state index >= 15 is 0 Å². The number of rotatable bonds is 3. The molecule has 1 aliphatic carbocycles. The van der Waals surface area contributed by atoms with Gasteiger partial charge in [0.1, 0.15) is 4.48 Å². The third-order valence-corrected chi connectivity index (χ3v) is 2.41. The lowest BCUT2D eigenvalue weighted by molar-refractivity contribution is -0.125. The van der Waals surface area contributed by atoms with Crippen LogP contribution in [-0.4, -0.2) is 24.6 Å². The summed E-state index contributed by atoms with van der Waals surface area (Å²) in [5.41, 5.74) is 0.